The molecule has 0 saturated heterocycles. The van der Waals surface area contributed by atoms with Crippen LogP contribution in [0.5, 0.6) is 0 Å². The van der Waals surface area contributed by atoms with Crippen LogP contribution in [0.4, 0.5) is 0 Å². The maximum Gasteiger partial charge on any atom is 0.240 e. The molecule has 1 N–H and O–H groups in total. The zero-order valence-corrected chi connectivity index (χ0v) is 12.6. The molecule has 0 bridgehead atoms. The number of aryl methyl sites for hydroxylation is 1. The first kappa shape index (κ1) is 16.4. The average Bonchev–Trinajstić information content (AvgIpc) is 2.42. The molecule has 0 spiro atoms. The summed E-state index contributed by atoms with van der Waals surface area (Å²) in [5, 5.41) is 0. The smallest absolute Gasteiger partial charge is 0.240 e. The zero-order valence-electron chi connectivity index (χ0n) is 11.1. The number of methoxy groups -OCH3 is 1. The summed E-state index contributed by atoms with van der Waals surface area (Å²) in [4.78, 5) is 0.291. The first-order valence-corrected chi connectivity index (χ1v) is 8.25. The Morgan fingerprint density at radius 3 is 2.47 bits per heavy atom. The van der Waals surface area contributed by atoms with E-state index in [1.807, 2.05) is 12.1 Å². The van der Waals surface area contributed by atoms with Crippen LogP contribution in [0.1, 0.15) is 18.4 Å². The molecule has 0 saturated carbocycles. The van der Waals surface area contributed by atoms with Crippen LogP contribution in [-0.4, -0.2) is 34.6 Å². The van der Waals surface area contributed by atoms with E-state index in [9.17, 15) is 8.42 Å². The van der Waals surface area contributed by atoms with Gasteiger partial charge in [0.05, 0.1) is 4.90 Å². The van der Waals surface area contributed by atoms with Crippen LogP contribution in [-0.2, 0) is 21.2 Å². The van der Waals surface area contributed by atoms with Crippen molar-refractivity contribution in [1.29, 1.82) is 0 Å². The lowest BCUT2D eigenvalue weighted by molar-refractivity contribution is 0.196. The number of nitrogens with one attached hydrogen (secondary N) is 1. The largest absolute Gasteiger partial charge is 0.385 e. The summed E-state index contributed by atoms with van der Waals surface area (Å²) >= 11 is 5.62. The van der Waals surface area contributed by atoms with Gasteiger partial charge in [-0.3, -0.25) is 0 Å². The minimum atomic E-state index is -3.41. The molecule has 0 atom stereocenters. The summed E-state index contributed by atoms with van der Waals surface area (Å²) in [7, 11) is -1.82. The Bertz CT molecular complexity index is 459. The highest BCUT2D eigenvalue weighted by Crippen LogP contribution is 2.12. The molecular formula is C13H20ClNO3S. The summed E-state index contributed by atoms with van der Waals surface area (Å²) in [5.41, 5.74) is 1.10. The summed E-state index contributed by atoms with van der Waals surface area (Å²) in [6.07, 6.45) is 2.41. The van der Waals surface area contributed by atoms with Gasteiger partial charge in [0.15, 0.2) is 0 Å². The van der Waals surface area contributed by atoms with Crippen molar-refractivity contribution in [3.63, 3.8) is 0 Å². The van der Waals surface area contributed by atoms with Gasteiger partial charge in [-0.05, 0) is 37.0 Å². The summed E-state index contributed by atoms with van der Waals surface area (Å²) in [6.45, 7) is 0.921. The van der Waals surface area contributed by atoms with Crippen molar-refractivity contribution in [3.8, 4) is 0 Å². The molecule has 6 heteroatoms. The van der Waals surface area contributed by atoms with E-state index in [4.69, 9.17) is 16.3 Å². The van der Waals surface area contributed by atoms with Crippen LogP contribution in [0.15, 0.2) is 29.2 Å². The molecule has 0 unspecified atom stereocenters. The third-order valence-electron chi connectivity index (χ3n) is 2.65. The number of hydrogen-bond donors (Lipinski definition) is 1. The van der Waals surface area contributed by atoms with Gasteiger partial charge in [-0.15, -0.1) is 11.6 Å². The van der Waals surface area contributed by atoms with E-state index in [1.165, 1.54) is 0 Å². The Morgan fingerprint density at radius 2 is 1.89 bits per heavy atom. The van der Waals surface area contributed by atoms with Gasteiger partial charge < -0.3 is 4.74 Å². The molecule has 0 aliphatic heterocycles. The number of alkyl halides is 1. The number of hydrogen-bond acceptors (Lipinski definition) is 3. The van der Waals surface area contributed by atoms with E-state index in [1.54, 1.807) is 19.2 Å². The Balaban J connectivity index is 2.58. The average molecular weight is 306 g/mol. The quantitative estimate of drug-likeness (QED) is 0.562. The third-order valence-corrected chi connectivity index (χ3v) is 4.39. The van der Waals surface area contributed by atoms with Crippen molar-refractivity contribution < 1.29 is 13.2 Å². The lowest BCUT2D eigenvalue weighted by atomic mass is 10.1. The Labute approximate surface area is 120 Å². The topological polar surface area (TPSA) is 55.4 Å². The second kappa shape index (κ2) is 8.53. The molecule has 4 nitrogen and oxygen atoms in total. The molecule has 1 rings (SSSR count). The molecule has 19 heavy (non-hydrogen) atoms. The highest BCUT2D eigenvalue weighted by atomic mass is 35.5. The van der Waals surface area contributed by atoms with Crippen molar-refractivity contribution in [2.75, 3.05) is 26.1 Å². The van der Waals surface area contributed by atoms with Crippen LogP contribution < -0.4 is 4.72 Å². The summed E-state index contributed by atoms with van der Waals surface area (Å²) in [5.74, 6) is 0.612. The lowest BCUT2D eigenvalue weighted by Crippen LogP contribution is -2.25. The Morgan fingerprint density at radius 1 is 1.21 bits per heavy atom. The molecule has 0 aliphatic rings. The minimum Gasteiger partial charge on any atom is -0.385 e. The zero-order chi connectivity index (χ0) is 14.1. The minimum absolute atomic E-state index is 0.291. The summed E-state index contributed by atoms with van der Waals surface area (Å²) < 4.78 is 31.3. The van der Waals surface area contributed by atoms with Gasteiger partial charge in [0, 0.05) is 26.1 Å². The standard InChI is InChI=1S/C13H20ClNO3S/c1-18-11-3-10-15-19(16,17)13-7-5-12(6-8-13)4-2-9-14/h5-8,15H,2-4,9-11H2,1H3. The molecule has 1 aromatic carbocycles. The van der Waals surface area contributed by atoms with E-state index in [0.717, 1.165) is 18.4 Å². The van der Waals surface area contributed by atoms with Gasteiger partial charge in [-0.25, -0.2) is 13.1 Å². The molecule has 0 amide bonds. The van der Waals surface area contributed by atoms with E-state index < -0.39 is 10.0 Å². The normalized spacial score (nSPS) is 11.7. The number of halogens is 1. The molecule has 0 aromatic heterocycles. The fourth-order valence-corrected chi connectivity index (χ4v) is 2.82. The highest BCUT2D eigenvalue weighted by Gasteiger charge is 2.12. The molecule has 108 valence electrons. The van der Waals surface area contributed by atoms with E-state index in [0.29, 0.717) is 30.3 Å². The third kappa shape index (κ3) is 5.91. The highest BCUT2D eigenvalue weighted by molar-refractivity contribution is 7.89. The van der Waals surface area contributed by atoms with Gasteiger partial charge in [-0.1, -0.05) is 12.1 Å². The van der Waals surface area contributed by atoms with Crippen LogP contribution in [0.25, 0.3) is 0 Å². The van der Waals surface area contributed by atoms with Crippen molar-refractivity contribution in [3.05, 3.63) is 29.8 Å². The van der Waals surface area contributed by atoms with Gasteiger partial charge in [0.2, 0.25) is 10.0 Å². The summed E-state index contributed by atoms with van der Waals surface area (Å²) in [6, 6.07) is 6.91. The van der Waals surface area contributed by atoms with Crippen LogP contribution >= 0.6 is 11.6 Å². The molecule has 0 aliphatic carbocycles. The van der Waals surface area contributed by atoms with Crippen molar-refractivity contribution in [2.24, 2.45) is 0 Å². The second-order valence-electron chi connectivity index (χ2n) is 4.18. The van der Waals surface area contributed by atoms with E-state index in [-0.39, 0.29) is 0 Å². The number of ether oxygens (including phenoxy) is 1. The van der Waals surface area contributed by atoms with Crippen LogP contribution in [0, 0.1) is 0 Å². The van der Waals surface area contributed by atoms with Crippen LogP contribution in [0.3, 0.4) is 0 Å². The van der Waals surface area contributed by atoms with Crippen molar-refractivity contribution in [2.45, 2.75) is 24.2 Å². The van der Waals surface area contributed by atoms with Crippen molar-refractivity contribution in [1.82, 2.24) is 4.72 Å². The lowest BCUT2D eigenvalue weighted by Gasteiger charge is -2.07. The van der Waals surface area contributed by atoms with E-state index in [2.05, 4.69) is 4.72 Å². The van der Waals surface area contributed by atoms with Crippen molar-refractivity contribution >= 4 is 21.6 Å². The van der Waals surface area contributed by atoms with Gasteiger partial charge >= 0.3 is 0 Å². The van der Waals surface area contributed by atoms with E-state index >= 15 is 0 Å². The number of rotatable bonds is 9. The number of benzene rings is 1. The monoisotopic (exact) mass is 305 g/mol. The predicted octanol–water partition coefficient (Wildman–Crippen LogP) is 2.17. The molecule has 0 heterocycles. The fourth-order valence-electron chi connectivity index (χ4n) is 1.61. The van der Waals surface area contributed by atoms with Crippen LogP contribution in [0.2, 0.25) is 0 Å². The van der Waals surface area contributed by atoms with Gasteiger partial charge in [-0.2, -0.15) is 0 Å². The molecular weight excluding hydrogens is 286 g/mol. The SMILES string of the molecule is COCCCNS(=O)(=O)c1ccc(CCCCl)cc1. The first-order chi connectivity index (χ1) is 9.10. The fraction of sp³-hybridized carbons (Fsp3) is 0.538. The van der Waals surface area contributed by atoms with Gasteiger partial charge in [0.1, 0.15) is 0 Å². The molecule has 0 radical (unpaired) electrons. The second-order valence-corrected chi connectivity index (χ2v) is 6.33. The maximum absolute atomic E-state index is 11.9. The molecule has 1 aromatic rings. The first-order valence-electron chi connectivity index (χ1n) is 6.23. The van der Waals surface area contributed by atoms with Gasteiger partial charge in [0.25, 0.3) is 0 Å². The molecule has 0 fully saturated rings. The number of sulfonamides is 1. The Hall–Kier alpha value is -0.620. The predicted molar refractivity (Wildman–Crippen MR) is 77.2 cm³/mol. The maximum atomic E-state index is 11.9. The Kier molecular flexibility index (Phi) is 7.38.